The van der Waals surface area contributed by atoms with E-state index in [1.807, 2.05) is 19.1 Å². The van der Waals surface area contributed by atoms with Crippen LogP contribution in [0.4, 0.5) is 0 Å². The van der Waals surface area contributed by atoms with E-state index >= 15 is 0 Å². The predicted molar refractivity (Wildman–Crippen MR) is 89.8 cm³/mol. The molecule has 1 aromatic carbocycles. The molecule has 6 heteroatoms. The summed E-state index contributed by atoms with van der Waals surface area (Å²) in [4.78, 5) is 19.7. The molecule has 21 heavy (non-hydrogen) atoms. The Labute approximate surface area is 136 Å². The zero-order chi connectivity index (χ0) is 15.4. The van der Waals surface area contributed by atoms with Gasteiger partial charge in [-0.3, -0.25) is 4.79 Å². The first-order valence-corrected chi connectivity index (χ1v) is 8.32. The Morgan fingerprint density at radius 2 is 2.14 bits per heavy atom. The van der Waals surface area contributed by atoms with Crippen molar-refractivity contribution in [3.8, 4) is 0 Å². The minimum atomic E-state index is -0.123. The van der Waals surface area contributed by atoms with Crippen molar-refractivity contribution in [1.29, 1.82) is 0 Å². The van der Waals surface area contributed by atoms with Gasteiger partial charge in [-0.2, -0.15) is 0 Å². The molecule has 0 atom stereocenters. The highest BCUT2D eigenvalue weighted by Gasteiger charge is 2.08. The van der Waals surface area contributed by atoms with Gasteiger partial charge >= 0.3 is 0 Å². The number of hydrogen-bond acceptors (Lipinski definition) is 4. The van der Waals surface area contributed by atoms with Gasteiger partial charge in [0.05, 0.1) is 0 Å². The molecule has 2 N–H and O–H groups in total. The lowest BCUT2D eigenvalue weighted by atomic mass is 10.2. The smallest absolute Gasteiger partial charge is 0.251 e. The van der Waals surface area contributed by atoms with Crippen LogP contribution in [0, 0.1) is 6.92 Å². The van der Waals surface area contributed by atoms with Crippen LogP contribution in [0.1, 0.15) is 25.1 Å². The molecule has 2 aromatic rings. The Bertz CT molecular complexity index is 685. The maximum Gasteiger partial charge on any atom is 0.251 e. The summed E-state index contributed by atoms with van der Waals surface area (Å²) in [6, 6.07) is 8.06. The van der Waals surface area contributed by atoms with Crippen molar-refractivity contribution < 1.29 is 0 Å². The average molecular weight is 368 g/mol. The van der Waals surface area contributed by atoms with Gasteiger partial charge in [-0.15, -0.1) is 0 Å². The molecule has 0 aliphatic carbocycles. The van der Waals surface area contributed by atoms with Crippen molar-refractivity contribution in [3.63, 3.8) is 0 Å². The molecule has 112 valence electrons. The standard InChI is InChI=1S/C15H18BrN3OS/c1-9(2)17-8-11-4-5-12(16)7-13(11)21-15-18-10(3)6-14(20)19-15/h4-7,9,17H,8H2,1-3H3,(H,18,19,20). The summed E-state index contributed by atoms with van der Waals surface area (Å²) in [5, 5.41) is 4.02. The normalized spacial score (nSPS) is 11.1. The lowest BCUT2D eigenvalue weighted by Gasteiger charge is -2.12. The molecule has 2 rings (SSSR count). The second kappa shape index (κ2) is 7.24. The van der Waals surface area contributed by atoms with Gasteiger partial charge in [-0.1, -0.05) is 47.6 Å². The Morgan fingerprint density at radius 3 is 2.81 bits per heavy atom. The van der Waals surface area contributed by atoms with E-state index in [1.54, 1.807) is 0 Å². The van der Waals surface area contributed by atoms with E-state index in [0.29, 0.717) is 11.2 Å². The Kier molecular flexibility index (Phi) is 5.61. The quantitative estimate of drug-likeness (QED) is 0.794. The van der Waals surface area contributed by atoms with Crippen molar-refractivity contribution in [3.05, 3.63) is 50.3 Å². The number of halogens is 1. The lowest BCUT2D eigenvalue weighted by molar-refractivity contribution is 0.584. The molecule has 0 aliphatic heterocycles. The Hall–Kier alpha value is -1.11. The Balaban J connectivity index is 2.29. The van der Waals surface area contributed by atoms with Crippen LogP contribution < -0.4 is 10.9 Å². The highest BCUT2D eigenvalue weighted by Crippen LogP contribution is 2.30. The summed E-state index contributed by atoms with van der Waals surface area (Å²) in [5.41, 5.74) is 1.78. The fraction of sp³-hybridized carbons (Fsp3) is 0.333. The third kappa shape index (κ3) is 4.98. The number of hydrogen-bond donors (Lipinski definition) is 2. The summed E-state index contributed by atoms with van der Waals surface area (Å²) in [6.45, 7) is 6.83. The number of nitrogens with zero attached hydrogens (tertiary/aromatic N) is 1. The van der Waals surface area contributed by atoms with Gasteiger partial charge in [0.1, 0.15) is 0 Å². The third-order valence-electron chi connectivity index (χ3n) is 2.78. The third-order valence-corrected chi connectivity index (χ3v) is 4.26. The molecule has 0 aliphatic rings. The first kappa shape index (κ1) is 16.3. The number of H-pyrrole nitrogens is 1. The predicted octanol–water partition coefficient (Wildman–Crippen LogP) is 3.49. The molecule has 0 amide bonds. The maximum atomic E-state index is 11.5. The first-order chi connectivity index (χ1) is 9.94. The highest BCUT2D eigenvalue weighted by molar-refractivity contribution is 9.10. The van der Waals surface area contributed by atoms with E-state index in [9.17, 15) is 4.79 Å². The number of benzene rings is 1. The Morgan fingerprint density at radius 1 is 1.38 bits per heavy atom. The minimum Gasteiger partial charge on any atom is -0.310 e. The van der Waals surface area contributed by atoms with Crippen LogP contribution in [0.5, 0.6) is 0 Å². The van der Waals surface area contributed by atoms with Crippen molar-refractivity contribution in [2.75, 3.05) is 0 Å². The maximum absolute atomic E-state index is 11.5. The van der Waals surface area contributed by atoms with Crippen LogP contribution >= 0.6 is 27.7 Å². The topological polar surface area (TPSA) is 57.8 Å². The van der Waals surface area contributed by atoms with Gasteiger partial charge in [0.15, 0.2) is 5.16 Å². The van der Waals surface area contributed by atoms with Crippen LogP contribution in [0.3, 0.4) is 0 Å². The molecule has 1 heterocycles. The summed E-state index contributed by atoms with van der Waals surface area (Å²) in [6.07, 6.45) is 0. The largest absolute Gasteiger partial charge is 0.310 e. The first-order valence-electron chi connectivity index (χ1n) is 6.71. The molecule has 0 fully saturated rings. The van der Waals surface area contributed by atoms with Gasteiger partial charge in [-0.25, -0.2) is 4.98 Å². The van der Waals surface area contributed by atoms with Crippen LogP contribution in [-0.4, -0.2) is 16.0 Å². The zero-order valence-corrected chi connectivity index (χ0v) is 14.6. The molecule has 0 spiro atoms. The molecule has 1 aromatic heterocycles. The van der Waals surface area contributed by atoms with Gasteiger partial charge < -0.3 is 10.3 Å². The molecule has 0 saturated carbocycles. The SMILES string of the molecule is Cc1cc(=O)[nH]c(Sc2cc(Br)ccc2CNC(C)C)n1. The van der Waals surface area contributed by atoms with Crippen molar-refractivity contribution >= 4 is 27.7 Å². The number of aryl methyl sites for hydroxylation is 1. The number of rotatable bonds is 5. The van der Waals surface area contributed by atoms with Crippen LogP contribution in [0.15, 0.2) is 43.6 Å². The van der Waals surface area contributed by atoms with Gasteiger partial charge in [0, 0.05) is 33.7 Å². The average Bonchev–Trinajstić information content (AvgIpc) is 2.36. The van der Waals surface area contributed by atoms with E-state index in [2.05, 4.69) is 51.1 Å². The number of aromatic nitrogens is 2. The fourth-order valence-corrected chi connectivity index (χ4v) is 3.31. The molecule has 0 radical (unpaired) electrons. The second-order valence-electron chi connectivity index (χ2n) is 5.08. The summed E-state index contributed by atoms with van der Waals surface area (Å²) in [7, 11) is 0. The van der Waals surface area contributed by atoms with Crippen LogP contribution in [0.2, 0.25) is 0 Å². The fourth-order valence-electron chi connectivity index (χ4n) is 1.79. The van der Waals surface area contributed by atoms with Crippen LogP contribution in [0.25, 0.3) is 0 Å². The van der Waals surface area contributed by atoms with Gasteiger partial charge in [-0.05, 0) is 24.6 Å². The van der Waals surface area contributed by atoms with Crippen LogP contribution in [-0.2, 0) is 6.54 Å². The molecule has 4 nitrogen and oxygen atoms in total. The summed E-state index contributed by atoms with van der Waals surface area (Å²) in [5.74, 6) is 0. The molecular formula is C15H18BrN3OS. The zero-order valence-electron chi connectivity index (χ0n) is 12.2. The van der Waals surface area contributed by atoms with E-state index in [0.717, 1.165) is 21.6 Å². The lowest BCUT2D eigenvalue weighted by Crippen LogP contribution is -2.22. The number of nitrogens with one attached hydrogen (secondary N) is 2. The molecule has 0 saturated heterocycles. The van der Waals surface area contributed by atoms with Gasteiger partial charge in [0.25, 0.3) is 5.56 Å². The summed E-state index contributed by atoms with van der Waals surface area (Å²) >= 11 is 4.96. The van der Waals surface area contributed by atoms with E-state index in [-0.39, 0.29) is 5.56 Å². The number of aromatic amines is 1. The minimum absolute atomic E-state index is 0.123. The molecule has 0 bridgehead atoms. The van der Waals surface area contributed by atoms with E-state index in [1.165, 1.54) is 23.4 Å². The molecular weight excluding hydrogens is 350 g/mol. The van der Waals surface area contributed by atoms with Crippen molar-refractivity contribution in [1.82, 2.24) is 15.3 Å². The summed E-state index contributed by atoms with van der Waals surface area (Å²) < 4.78 is 1.01. The highest BCUT2D eigenvalue weighted by atomic mass is 79.9. The van der Waals surface area contributed by atoms with Crippen molar-refractivity contribution in [2.24, 2.45) is 0 Å². The molecule has 0 unspecified atom stereocenters. The van der Waals surface area contributed by atoms with E-state index < -0.39 is 0 Å². The van der Waals surface area contributed by atoms with Crippen molar-refractivity contribution in [2.45, 2.75) is 43.4 Å². The van der Waals surface area contributed by atoms with E-state index in [4.69, 9.17) is 0 Å². The van der Waals surface area contributed by atoms with Gasteiger partial charge in [0.2, 0.25) is 0 Å². The second-order valence-corrected chi connectivity index (χ2v) is 7.03. The monoisotopic (exact) mass is 367 g/mol.